The molecule has 0 bridgehead atoms. The summed E-state index contributed by atoms with van der Waals surface area (Å²) in [5.41, 5.74) is 1.79. The molecule has 1 heterocycles. The number of nitrogens with zero attached hydrogens (tertiary/aromatic N) is 1. The number of aryl methyl sites for hydroxylation is 3. The molecule has 3 nitrogen and oxygen atoms in total. The molecule has 0 aliphatic rings. The average Bonchev–Trinajstić information content (AvgIpc) is 2.69. The first kappa shape index (κ1) is 13.7. The number of carbonyl (C=O) groups is 1. The molecule has 0 aliphatic carbocycles. The summed E-state index contributed by atoms with van der Waals surface area (Å²) in [4.78, 5) is 17.3. The molecule has 0 radical (unpaired) electrons. The number of aromatic nitrogens is 1. The molecule has 0 spiro atoms. The number of carbonyl (C=O) groups excluding carboxylic acids is 1. The van der Waals surface area contributed by atoms with E-state index < -0.39 is 11.7 Å². The Morgan fingerprint density at radius 1 is 1.42 bits per heavy atom. The lowest BCUT2D eigenvalue weighted by molar-refractivity contribution is 0.102. The number of anilines is 1. The van der Waals surface area contributed by atoms with Gasteiger partial charge in [0.2, 0.25) is 0 Å². The zero-order valence-electron chi connectivity index (χ0n) is 11.1. The Kier molecular flexibility index (Phi) is 3.95. The Morgan fingerprint density at radius 3 is 2.74 bits per heavy atom. The number of benzene rings is 1. The second-order valence-electron chi connectivity index (χ2n) is 4.31. The smallest absolute Gasteiger partial charge is 0.260 e. The van der Waals surface area contributed by atoms with Gasteiger partial charge < -0.3 is 0 Å². The summed E-state index contributed by atoms with van der Waals surface area (Å²) in [5, 5.41) is 3.16. The number of halogens is 1. The minimum atomic E-state index is -0.513. The second kappa shape index (κ2) is 5.48. The van der Waals surface area contributed by atoms with Gasteiger partial charge in [0, 0.05) is 4.88 Å². The molecule has 0 saturated heterocycles. The fourth-order valence-electron chi connectivity index (χ4n) is 1.78. The molecule has 19 heavy (non-hydrogen) atoms. The minimum Gasteiger partial charge on any atom is -0.298 e. The summed E-state index contributed by atoms with van der Waals surface area (Å²) < 4.78 is 13.7. The molecule has 0 fully saturated rings. The maximum Gasteiger partial charge on any atom is 0.260 e. The molecule has 1 aromatic heterocycles. The van der Waals surface area contributed by atoms with E-state index in [0.717, 1.165) is 22.6 Å². The van der Waals surface area contributed by atoms with E-state index in [9.17, 15) is 9.18 Å². The van der Waals surface area contributed by atoms with Crippen molar-refractivity contribution in [1.82, 2.24) is 4.98 Å². The van der Waals surface area contributed by atoms with Crippen molar-refractivity contribution in [2.45, 2.75) is 27.2 Å². The summed E-state index contributed by atoms with van der Waals surface area (Å²) in [5.74, 6) is -0.976. The fraction of sp³-hybridized carbons (Fsp3) is 0.286. The van der Waals surface area contributed by atoms with Crippen molar-refractivity contribution in [3.8, 4) is 0 Å². The van der Waals surface area contributed by atoms with Crippen LogP contribution in [0, 0.1) is 19.7 Å². The van der Waals surface area contributed by atoms with Crippen LogP contribution in [-0.4, -0.2) is 10.9 Å². The van der Waals surface area contributed by atoms with Crippen LogP contribution >= 0.6 is 11.3 Å². The summed E-state index contributed by atoms with van der Waals surface area (Å²) in [6.45, 7) is 5.74. The van der Waals surface area contributed by atoms with Crippen LogP contribution in [0.1, 0.15) is 33.4 Å². The van der Waals surface area contributed by atoms with Crippen molar-refractivity contribution in [1.29, 1.82) is 0 Å². The van der Waals surface area contributed by atoms with Crippen molar-refractivity contribution in [2.75, 3.05) is 5.32 Å². The van der Waals surface area contributed by atoms with Crippen molar-refractivity contribution < 1.29 is 9.18 Å². The predicted octanol–water partition coefficient (Wildman–Crippen LogP) is 3.71. The SMILES string of the molecule is CCc1nc(NC(=O)c2ccc(C)cc2F)sc1C. The van der Waals surface area contributed by atoms with E-state index in [1.54, 1.807) is 13.0 Å². The number of amides is 1. The van der Waals surface area contributed by atoms with E-state index in [1.165, 1.54) is 23.5 Å². The lowest BCUT2D eigenvalue weighted by Gasteiger charge is -2.03. The predicted molar refractivity (Wildman–Crippen MR) is 75.3 cm³/mol. The highest BCUT2D eigenvalue weighted by Crippen LogP contribution is 2.23. The molecular weight excluding hydrogens is 263 g/mol. The van der Waals surface area contributed by atoms with Gasteiger partial charge in [-0.05, 0) is 38.0 Å². The molecule has 0 saturated carbocycles. The summed E-state index contributed by atoms with van der Waals surface area (Å²) in [7, 11) is 0. The van der Waals surface area contributed by atoms with Crippen molar-refractivity contribution in [3.05, 3.63) is 45.7 Å². The summed E-state index contributed by atoms with van der Waals surface area (Å²) >= 11 is 1.41. The number of hydrogen-bond acceptors (Lipinski definition) is 3. The van der Waals surface area contributed by atoms with Crippen LogP contribution in [0.15, 0.2) is 18.2 Å². The van der Waals surface area contributed by atoms with Crippen LogP contribution in [0.2, 0.25) is 0 Å². The van der Waals surface area contributed by atoms with Crippen LogP contribution in [-0.2, 0) is 6.42 Å². The van der Waals surface area contributed by atoms with Gasteiger partial charge >= 0.3 is 0 Å². The maximum atomic E-state index is 13.7. The molecule has 0 atom stereocenters. The molecule has 1 aromatic carbocycles. The van der Waals surface area contributed by atoms with Crippen LogP contribution < -0.4 is 5.32 Å². The van der Waals surface area contributed by atoms with E-state index in [-0.39, 0.29) is 5.56 Å². The van der Waals surface area contributed by atoms with Gasteiger partial charge in [-0.25, -0.2) is 9.37 Å². The molecule has 2 aromatic rings. The van der Waals surface area contributed by atoms with Crippen molar-refractivity contribution >= 4 is 22.4 Å². The van der Waals surface area contributed by atoms with Gasteiger partial charge in [0.1, 0.15) is 5.82 Å². The van der Waals surface area contributed by atoms with Crippen LogP contribution in [0.5, 0.6) is 0 Å². The Balaban J connectivity index is 2.20. The molecule has 5 heteroatoms. The van der Waals surface area contributed by atoms with E-state index in [1.807, 2.05) is 13.8 Å². The third kappa shape index (κ3) is 2.98. The summed E-state index contributed by atoms with van der Waals surface area (Å²) in [6.07, 6.45) is 0.817. The molecule has 0 unspecified atom stereocenters. The highest BCUT2D eigenvalue weighted by Gasteiger charge is 2.14. The molecule has 2 rings (SSSR count). The van der Waals surface area contributed by atoms with Gasteiger partial charge in [0.25, 0.3) is 5.91 Å². The number of thiazole rings is 1. The number of hydrogen-bond donors (Lipinski definition) is 1. The zero-order valence-corrected chi connectivity index (χ0v) is 11.9. The maximum absolute atomic E-state index is 13.7. The minimum absolute atomic E-state index is 0.0384. The van der Waals surface area contributed by atoms with Crippen molar-refractivity contribution in [2.24, 2.45) is 0 Å². The normalized spacial score (nSPS) is 10.5. The van der Waals surface area contributed by atoms with E-state index in [2.05, 4.69) is 10.3 Å². The highest BCUT2D eigenvalue weighted by atomic mass is 32.1. The Hall–Kier alpha value is -1.75. The fourth-order valence-corrected chi connectivity index (χ4v) is 2.68. The third-order valence-corrected chi connectivity index (χ3v) is 3.75. The molecule has 100 valence electrons. The Labute approximate surface area is 115 Å². The lowest BCUT2D eigenvalue weighted by Crippen LogP contribution is -2.13. The van der Waals surface area contributed by atoms with E-state index >= 15 is 0 Å². The van der Waals surface area contributed by atoms with Crippen molar-refractivity contribution in [3.63, 3.8) is 0 Å². The quantitative estimate of drug-likeness (QED) is 0.929. The highest BCUT2D eigenvalue weighted by molar-refractivity contribution is 7.15. The van der Waals surface area contributed by atoms with Crippen LogP contribution in [0.4, 0.5) is 9.52 Å². The molecule has 1 N–H and O–H groups in total. The summed E-state index contributed by atoms with van der Waals surface area (Å²) in [6, 6.07) is 4.54. The first-order valence-corrected chi connectivity index (χ1v) is 6.86. The van der Waals surface area contributed by atoms with E-state index in [0.29, 0.717) is 5.13 Å². The van der Waals surface area contributed by atoms with Crippen LogP contribution in [0.3, 0.4) is 0 Å². The Bertz CT molecular complexity index is 622. The molecule has 1 amide bonds. The first-order valence-electron chi connectivity index (χ1n) is 6.05. The number of nitrogens with one attached hydrogen (secondary N) is 1. The zero-order chi connectivity index (χ0) is 14.0. The third-order valence-electron chi connectivity index (χ3n) is 2.82. The van der Waals surface area contributed by atoms with Gasteiger partial charge in [-0.1, -0.05) is 13.0 Å². The van der Waals surface area contributed by atoms with Gasteiger partial charge in [-0.15, -0.1) is 11.3 Å². The first-order chi connectivity index (χ1) is 9.01. The molecular formula is C14H15FN2OS. The monoisotopic (exact) mass is 278 g/mol. The largest absolute Gasteiger partial charge is 0.298 e. The standard InChI is InChI=1S/C14H15FN2OS/c1-4-12-9(3)19-14(16-12)17-13(18)10-6-5-8(2)7-11(10)15/h5-7H,4H2,1-3H3,(H,16,17,18). The van der Waals surface area contributed by atoms with Crippen LogP contribution in [0.25, 0.3) is 0 Å². The van der Waals surface area contributed by atoms with Gasteiger partial charge in [-0.2, -0.15) is 0 Å². The van der Waals surface area contributed by atoms with E-state index in [4.69, 9.17) is 0 Å². The van der Waals surface area contributed by atoms with Gasteiger partial charge in [0.05, 0.1) is 11.3 Å². The Morgan fingerprint density at radius 2 is 2.16 bits per heavy atom. The molecule has 0 aliphatic heterocycles. The average molecular weight is 278 g/mol. The lowest BCUT2D eigenvalue weighted by atomic mass is 10.1. The van der Waals surface area contributed by atoms with Gasteiger partial charge in [0.15, 0.2) is 5.13 Å². The number of rotatable bonds is 3. The second-order valence-corrected chi connectivity index (χ2v) is 5.52. The topological polar surface area (TPSA) is 42.0 Å². The van der Waals surface area contributed by atoms with Gasteiger partial charge in [-0.3, -0.25) is 10.1 Å².